The Labute approximate surface area is 336 Å². The van der Waals surface area contributed by atoms with Crippen LogP contribution in [0.15, 0.2) is 200 Å². The molecular formula is C53H41OS2+. The molecule has 0 spiro atoms. The van der Waals surface area contributed by atoms with Gasteiger partial charge in [-0.3, -0.25) is 4.79 Å². The van der Waals surface area contributed by atoms with Gasteiger partial charge >= 0.3 is 0 Å². The number of hydrogen-bond donors (Lipinski definition) is 0. The van der Waals surface area contributed by atoms with Gasteiger partial charge in [0.25, 0.3) is 0 Å². The normalized spacial score (nSPS) is 14.8. The van der Waals surface area contributed by atoms with Crippen molar-refractivity contribution in [3.05, 3.63) is 209 Å². The van der Waals surface area contributed by atoms with E-state index < -0.39 is 0 Å². The molecule has 0 amide bonds. The standard InChI is InChI=1S/C53H41OS2/c1-52(2)47-17-11-10-16-43(47)46-29-26-42(33-50(46)52)56(40-14-6-5-7-15-40)41-24-21-38(22-25-41)55-39-23-28-45-44-27-20-37(31-48(44)53(3,4)49(45)32-39)51(54)36-19-18-34-12-8-9-13-35(34)30-36/h5-33H,1-4H3/q+1. The van der Waals surface area contributed by atoms with Crippen molar-refractivity contribution in [2.24, 2.45) is 0 Å². The molecule has 0 aromatic heterocycles. The number of rotatable bonds is 7. The van der Waals surface area contributed by atoms with E-state index in [4.69, 9.17) is 0 Å². The van der Waals surface area contributed by atoms with Gasteiger partial charge in [0, 0.05) is 31.7 Å². The first-order chi connectivity index (χ1) is 27.2. The van der Waals surface area contributed by atoms with Crippen molar-refractivity contribution in [1.29, 1.82) is 0 Å². The molecule has 0 radical (unpaired) electrons. The van der Waals surface area contributed by atoms with Crippen LogP contribution in [0.5, 0.6) is 0 Å². The van der Waals surface area contributed by atoms with Gasteiger partial charge in [-0.05, 0) is 134 Å². The van der Waals surface area contributed by atoms with Crippen molar-refractivity contribution in [2.75, 3.05) is 0 Å². The number of ketones is 1. The highest BCUT2D eigenvalue weighted by Crippen LogP contribution is 2.52. The van der Waals surface area contributed by atoms with Crippen LogP contribution in [0.2, 0.25) is 0 Å². The smallest absolute Gasteiger partial charge is 0.193 e. The SMILES string of the molecule is CC1(C)c2cc(Sc3ccc([S+](c4ccccc4)c4ccc5c(c4)C(C)(C)c4ccccc4-5)cc3)ccc2-c2ccc(C(=O)c3ccc4ccccc4c3)cc21. The highest BCUT2D eigenvalue weighted by atomic mass is 32.2. The summed E-state index contributed by atoms with van der Waals surface area (Å²) in [5.41, 5.74) is 11.7. The first-order valence-corrected chi connectivity index (χ1v) is 21.4. The van der Waals surface area contributed by atoms with Crippen molar-refractivity contribution < 1.29 is 4.79 Å². The van der Waals surface area contributed by atoms with Gasteiger partial charge in [-0.1, -0.05) is 137 Å². The number of carbonyl (C=O) groups excluding carboxylic acids is 1. The van der Waals surface area contributed by atoms with E-state index >= 15 is 0 Å². The van der Waals surface area contributed by atoms with Crippen LogP contribution in [-0.4, -0.2) is 5.78 Å². The number of benzene rings is 8. The Morgan fingerprint density at radius 3 is 1.71 bits per heavy atom. The molecule has 0 N–H and O–H groups in total. The Kier molecular flexibility index (Phi) is 8.25. The molecule has 0 saturated carbocycles. The largest absolute Gasteiger partial charge is 0.289 e. The van der Waals surface area contributed by atoms with Gasteiger partial charge in [0.05, 0.1) is 10.9 Å². The second-order valence-electron chi connectivity index (χ2n) is 16.1. The van der Waals surface area contributed by atoms with Crippen LogP contribution in [0.4, 0.5) is 0 Å². The van der Waals surface area contributed by atoms with Crippen molar-refractivity contribution in [1.82, 2.24) is 0 Å². The number of fused-ring (bicyclic) bond motifs is 7. The summed E-state index contributed by atoms with van der Waals surface area (Å²) in [7, 11) is -0.251. The van der Waals surface area contributed by atoms with E-state index in [0.717, 1.165) is 21.9 Å². The molecule has 2 aliphatic carbocycles. The summed E-state index contributed by atoms with van der Waals surface area (Å²) < 4.78 is 0. The molecule has 2 aliphatic rings. The summed E-state index contributed by atoms with van der Waals surface area (Å²) in [6.07, 6.45) is 0. The molecule has 8 aromatic carbocycles. The highest BCUT2D eigenvalue weighted by molar-refractivity contribution is 7.99. The summed E-state index contributed by atoms with van der Waals surface area (Å²) in [4.78, 5) is 20.2. The minimum absolute atomic E-state index is 0.0441. The minimum atomic E-state index is -0.251. The predicted molar refractivity (Wildman–Crippen MR) is 235 cm³/mol. The molecule has 1 atom stereocenters. The van der Waals surface area contributed by atoms with Crippen molar-refractivity contribution in [3.8, 4) is 22.3 Å². The van der Waals surface area contributed by atoms with Crippen LogP contribution in [0, 0.1) is 0 Å². The Hall–Kier alpha value is -5.61. The molecule has 8 aromatic rings. The van der Waals surface area contributed by atoms with E-state index in [2.05, 4.69) is 167 Å². The van der Waals surface area contributed by atoms with Gasteiger partial charge < -0.3 is 0 Å². The lowest BCUT2D eigenvalue weighted by atomic mass is 9.81. The third-order valence-electron chi connectivity index (χ3n) is 12.0. The van der Waals surface area contributed by atoms with Gasteiger partial charge in [0.15, 0.2) is 20.5 Å². The predicted octanol–water partition coefficient (Wildman–Crippen LogP) is 13.9. The van der Waals surface area contributed by atoms with E-state index in [0.29, 0.717) is 0 Å². The first-order valence-electron chi connectivity index (χ1n) is 19.3. The summed E-state index contributed by atoms with van der Waals surface area (Å²) in [6, 6.07) is 63.6. The maximum absolute atomic E-state index is 13.8. The van der Waals surface area contributed by atoms with E-state index in [1.54, 1.807) is 0 Å². The molecule has 56 heavy (non-hydrogen) atoms. The van der Waals surface area contributed by atoms with Crippen LogP contribution < -0.4 is 0 Å². The Morgan fingerprint density at radius 2 is 0.929 bits per heavy atom. The molecule has 0 bridgehead atoms. The Balaban J connectivity index is 0.926. The van der Waals surface area contributed by atoms with Crippen molar-refractivity contribution >= 4 is 39.2 Å². The second kappa shape index (κ2) is 13.3. The molecule has 0 fully saturated rings. The van der Waals surface area contributed by atoms with Crippen LogP contribution in [-0.2, 0) is 21.7 Å². The lowest BCUT2D eigenvalue weighted by Crippen LogP contribution is -2.16. The quantitative estimate of drug-likeness (QED) is 0.119. The van der Waals surface area contributed by atoms with Crippen LogP contribution in [0.25, 0.3) is 33.0 Å². The fourth-order valence-electron chi connectivity index (χ4n) is 8.97. The average molecular weight is 758 g/mol. The molecular weight excluding hydrogens is 717 g/mol. The molecule has 1 unspecified atom stereocenters. The molecule has 1 nitrogen and oxygen atoms in total. The maximum Gasteiger partial charge on any atom is 0.193 e. The van der Waals surface area contributed by atoms with E-state index in [9.17, 15) is 4.79 Å². The minimum Gasteiger partial charge on any atom is -0.289 e. The van der Waals surface area contributed by atoms with Crippen molar-refractivity contribution in [2.45, 2.75) is 63.0 Å². The molecule has 10 rings (SSSR count). The third-order valence-corrected chi connectivity index (χ3v) is 15.2. The lowest BCUT2D eigenvalue weighted by molar-refractivity contribution is 0.103. The van der Waals surface area contributed by atoms with Crippen LogP contribution >= 0.6 is 11.8 Å². The molecule has 270 valence electrons. The molecule has 3 heteroatoms. The first kappa shape index (κ1) is 34.8. The van der Waals surface area contributed by atoms with Gasteiger partial charge in [-0.15, -0.1) is 0 Å². The summed E-state index contributed by atoms with van der Waals surface area (Å²) in [5.74, 6) is 0.0608. The summed E-state index contributed by atoms with van der Waals surface area (Å²) in [6.45, 7) is 9.29. The zero-order valence-electron chi connectivity index (χ0n) is 32.0. The highest BCUT2D eigenvalue weighted by Gasteiger charge is 2.39. The van der Waals surface area contributed by atoms with Crippen LogP contribution in [0.3, 0.4) is 0 Å². The van der Waals surface area contributed by atoms with Gasteiger partial charge in [0.2, 0.25) is 0 Å². The summed E-state index contributed by atoms with van der Waals surface area (Å²) in [5, 5.41) is 2.22. The van der Waals surface area contributed by atoms with E-state index in [1.165, 1.54) is 69.0 Å². The third kappa shape index (κ3) is 5.67. The Morgan fingerprint density at radius 1 is 0.411 bits per heavy atom. The number of hydrogen-bond acceptors (Lipinski definition) is 2. The fraction of sp³-hybridized carbons (Fsp3) is 0.113. The zero-order chi connectivity index (χ0) is 38.2. The van der Waals surface area contributed by atoms with Crippen molar-refractivity contribution in [3.63, 3.8) is 0 Å². The fourth-order valence-corrected chi connectivity index (χ4v) is 11.9. The summed E-state index contributed by atoms with van der Waals surface area (Å²) >= 11 is 1.81. The zero-order valence-corrected chi connectivity index (χ0v) is 33.6. The molecule has 0 heterocycles. The number of carbonyl (C=O) groups is 1. The molecule has 0 saturated heterocycles. The Bertz CT molecular complexity index is 2850. The van der Waals surface area contributed by atoms with Gasteiger partial charge in [-0.25, -0.2) is 0 Å². The lowest BCUT2D eigenvalue weighted by Gasteiger charge is -2.22. The monoisotopic (exact) mass is 757 g/mol. The van der Waals surface area contributed by atoms with Crippen LogP contribution in [0.1, 0.15) is 65.9 Å². The maximum atomic E-state index is 13.8. The molecule has 0 aliphatic heterocycles. The van der Waals surface area contributed by atoms with Gasteiger partial charge in [0.1, 0.15) is 0 Å². The topological polar surface area (TPSA) is 17.1 Å². The van der Waals surface area contributed by atoms with Gasteiger partial charge in [-0.2, -0.15) is 0 Å². The van der Waals surface area contributed by atoms with E-state index in [1.807, 2.05) is 48.2 Å². The second-order valence-corrected chi connectivity index (χ2v) is 19.2. The average Bonchev–Trinajstić information content (AvgIpc) is 3.60. The van der Waals surface area contributed by atoms with E-state index in [-0.39, 0.29) is 27.5 Å².